The van der Waals surface area contributed by atoms with Gasteiger partial charge < -0.3 is 10.3 Å². The average Bonchev–Trinajstić information content (AvgIpc) is 2.52. The Kier molecular flexibility index (Phi) is 2.91. The maximum Gasteiger partial charge on any atom is 0.201 e. The van der Waals surface area contributed by atoms with Crippen LogP contribution in [0.25, 0.3) is 11.0 Å². The lowest BCUT2D eigenvalue weighted by Crippen LogP contribution is -2.14. The third kappa shape index (κ3) is 1.92. The minimum absolute atomic E-state index is 0.0678. The number of fused-ring (bicyclic) bond motifs is 1. The topological polar surface area (TPSA) is 73.8 Å². The number of aromatic nitrogens is 3. The van der Waals surface area contributed by atoms with Gasteiger partial charge in [-0.2, -0.15) is 0 Å². The molecule has 16 heavy (non-hydrogen) atoms. The maximum absolute atomic E-state index is 11.2. The molecule has 2 atom stereocenters. The minimum Gasteiger partial charge on any atom is -0.369 e. The zero-order valence-corrected chi connectivity index (χ0v) is 10.1. The monoisotopic (exact) mass is 238 g/mol. The maximum atomic E-state index is 11.2. The van der Waals surface area contributed by atoms with Crippen molar-refractivity contribution in [2.24, 2.45) is 0 Å². The zero-order valence-electron chi connectivity index (χ0n) is 9.25. The van der Waals surface area contributed by atoms with Gasteiger partial charge in [0.15, 0.2) is 0 Å². The molecule has 0 amide bonds. The van der Waals surface area contributed by atoms with E-state index in [1.165, 1.54) is 0 Å². The average molecular weight is 238 g/mol. The Balaban J connectivity index is 2.50. The quantitative estimate of drug-likeness (QED) is 0.864. The highest BCUT2D eigenvalue weighted by molar-refractivity contribution is 7.84. The Morgan fingerprint density at radius 3 is 3.06 bits per heavy atom. The number of hydrogen-bond donors (Lipinski definition) is 1. The van der Waals surface area contributed by atoms with Crippen molar-refractivity contribution in [2.45, 2.75) is 13.0 Å². The van der Waals surface area contributed by atoms with Crippen LogP contribution in [-0.4, -0.2) is 30.8 Å². The van der Waals surface area contributed by atoms with E-state index in [4.69, 9.17) is 5.73 Å². The molecule has 0 saturated heterocycles. The molecule has 0 radical (unpaired) electrons. The highest BCUT2D eigenvalue weighted by Crippen LogP contribution is 2.21. The number of nitrogens with zero attached hydrogens (tertiary/aromatic N) is 3. The lowest BCUT2D eigenvalue weighted by atomic mass is 10.3. The van der Waals surface area contributed by atoms with Crippen molar-refractivity contribution in [3.63, 3.8) is 0 Å². The summed E-state index contributed by atoms with van der Waals surface area (Å²) in [5.74, 6) is 1.01. The predicted molar refractivity (Wildman–Crippen MR) is 65.6 cm³/mol. The van der Waals surface area contributed by atoms with Crippen LogP contribution < -0.4 is 5.73 Å². The summed E-state index contributed by atoms with van der Waals surface area (Å²) in [6, 6.07) is 1.94. The molecule has 0 fully saturated rings. The van der Waals surface area contributed by atoms with Crippen LogP contribution in [0.3, 0.4) is 0 Å². The van der Waals surface area contributed by atoms with Crippen molar-refractivity contribution in [1.29, 1.82) is 0 Å². The number of rotatable bonds is 3. The molecule has 2 rings (SSSR count). The molecule has 0 saturated carbocycles. The molecule has 2 N–H and O–H groups in total. The van der Waals surface area contributed by atoms with Crippen molar-refractivity contribution >= 4 is 27.8 Å². The fourth-order valence-corrected chi connectivity index (χ4v) is 2.68. The van der Waals surface area contributed by atoms with E-state index in [0.29, 0.717) is 11.7 Å². The molecule has 6 heteroatoms. The highest BCUT2D eigenvalue weighted by Gasteiger charge is 2.14. The van der Waals surface area contributed by atoms with E-state index in [9.17, 15) is 4.21 Å². The highest BCUT2D eigenvalue weighted by atomic mass is 32.2. The first-order valence-corrected chi connectivity index (χ1v) is 6.69. The van der Waals surface area contributed by atoms with Crippen molar-refractivity contribution in [3.05, 3.63) is 18.5 Å². The van der Waals surface area contributed by atoms with E-state index >= 15 is 0 Å². The summed E-state index contributed by atoms with van der Waals surface area (Å²) < 4.78 is 13.1. The molecule has 2 unspecified atom stereocenters. The van der Waals surface area contributed by atoms with Gasteiger partial charge in [-0.3, -0.25) is 9.19 Å². The summed E-state index contributed by atoms with van der Waals surface area (Å²) >= 11 is 0. The summed E-state index contributed by atoms with van der Waals surface area (Å²) in [6.45, 7) is 1.99. The van der Waals surface area contributed by atoms with Crippen LogP contribution in [0.4, 0.5) is 5.95 Å². The molecular formula is C10H14N4OS. The lowest BCUT2D eigenvalue weighted by Gasteiger charge is -2.14. The second kappa shape index (κ2) is 4.21. The third-order valence-corrected chi connectivity index (χ3v) is 3.39. The molecule has 0 aliphatic heterocycles. The second-order valence-electron chi connectivity index (χ2n) is 3.79. The van der Waals surface area contributed by atoms with Gasteiger partial charge in [0.1, 0.15) is 5.52 Å². The van der Waals surface area contributed by atoms with Crippen LogP contribution in [0.15, 0.2) is 18.5 Å². The molecule has 5 nitrogen and oxygen atoms in total. The van der Waals surface area contributed by atoms with Gasteiger partial charge in [0, 0.05) is 35.0 Å². The van der Waals surface area contributed by atoms with Gasteiger partial charge in [0.05, 0.1) is 11.7 Å². The van der Waals surface area contributed by atoms with Gasteiger partial charge in [-0.25, -0.2) is 4.98 Å². The predicted octanol–water partition coefficient (Wildman–Crippen LogP) is 0.953. The smallest absolute Gasteiger partial charge is 0.201 e. The van der Waals surface area contributed by atoms with Gasteiger partial charge in [-0.1, -0.05) is 0 Å². The normalized spacial score (nSPS) is 15.1. The molecule has 0 aliphatic carbocycles. The van der Waals surface area contributed by atoms with Crippen LogP contribution in [0.1, 0.15) is 13.0 Å². The molecule has 0 aromatic carbocycles. The van der Waals surface area contributed by atoms with E-state index in [1.54, 1.807) is 18.6 Å². The summed E-state index contributed by atoms with van der Waals surface area (Å²) in [5.41, 5.74) is 7.56. The molecule has 2 aromatic heterocycles. The molecular weight excluding hydrogens is 224 g/mol. The van der Waals surface area contributed by atoms with E-state index in [-0.39, 0.29) is 6.04 Å². The van der Waals surface area contributed by atoms with E-state index < -0.39 is 10.8 Å². The van der Waals surface area contributed by atoms with Gasteiger partial charge in [0.25, 0.3) is 0 Å². The molecule has 86 valence electrons. The Labute approximate surface area is 96.1 Å². The first kappa shape index (κ1) is 11.1. The van der Waals surface area contributed by atoms with Gasteiger partial charge in [0.2, 0.25) is 5.95 Å². The first-order chi connectivity index (χ1) is 7.59. The minimum atomic E-state index is -0.851. The fraction of sp³-hybridized carbons (Fsp3) is 0.400. The van der Waals surface area contributed by atoms with E-state index in [1.807, 2.05) is 17.6 Å². The van der Waals surface area contributed by atoms with E-state index in [2.05, 4.69) is 9.97 Å². The van der Waals surface area contributed by atoms with Crippen molar-refractivity contribution < 1.29 is 4.21 Å². The van der Waals surface area contributed by atoms with Gasteiger partial charge in [-0.05, 0) is 13.0 Å². The standard InChI is InChI=1S/C10H14N4OS/c1-7(6-16(2)15)14-9-3-4-12-5-8(9)13-10(14)11/h3-5,7H,6H2,1-2H3,(H2,11,13). The van der Waals surface area contributed by atoms with Crippen LogP contribution in [-0.2, 0) is 10.8 Å². The van der Waals surface area contributed by atoms with Crippen molar-refractivity contribution in [1.82, 2.24) is 14.5 Å². The van der Waals surface area contributed by atoms with Crippen LogP contribution >= 0.6 is 0 Å². The third-order valence-electron chi connectivity index (χ3n) is 2.44. The Morgan fingerprint density at radius 2 is 2.38 bits per heavy atom. The van der Waals surface area contributed by atoms with Gasteiger partial charge >= 0.3 is 0 Å². The first-order valence-electron chi connectivity index (χ1n) is 4.97. The number of pyridine rings is 1. The number of hydrogen-bond acceptors (Lipinski definition) is 4. The number of imidazole rings is 1. The SMILES string of the molecule is CC(CS(C)=O)n1c(N)nc2cnccc21. The second-order valence-corrected chi connectivity index (χ2v) is 5.27. The summed E-state index contributed by atoms with van der Waals surface area (Å²) in [5, 5.41) is 0. The summed E-state index contributed by atoms with van der Waals surface area (Å²) in [7, 11) is -0.851. The number of anilines is 1. The molecule has 0 bridgehead atoms. The number of nitrogen functional groups attached to an aromatic ring is 1. The van der Waals surface area contributed by atoms with Crippen LogP contribution in [0, 0.1) is 0 Å². The van der Waals surface area contributed by atoms with Crippen molar-refractivity contribution in [3.8, 4) is 0 Å². The lowest BCUT2D eigenvalue weighted by molar-refractivity contribution is 0.619. The number of nitrogens with two attached hydrogens (primary N) is 1. The zero-order chi connectivity index (χ0) is 11.7. The Morgan fingerprint density at radius 1 is 1.62 bits per heavy atom. The Bertz CT molecular complexity index is 537. The van der Waals surface area contributed by atoms with Gasteiger partial charge in [-0.15, -0.1) is 0 Å². The van der Waals surface area contributed by atoms with Crippen LogP contribution in [0.2, 0.25) is 0 Å². The molecule has 0 aliphatic rings. The summed E-state index contributed by atoms with van der Waals surface area (Å²) in [6.07, 6.45) is 5.07. The fourth-order valence-electron chi connectivity index (χ4n) is 1.85. The largest absolute Gasteiger partial charge is 0.369 e. The summed E-state index contributed by atoms with van der Waals surface area (Å²) in [4.78, 5) is 8.22. The molecule has 2 heterocycles. The Hall–Kier alpha value is -1.43. The van der Waals surface area contributed by atoms with Crippen molar-refractivity contribution in [2.75, 3.05) is 17.7 Å². The molecule has 0 spiro atoms. The van der Waals surface area contributed by atoms with E-state index in [0.717, 1.165) is 11.0 Å². The van der Waals surface area contributed by atoms with Crippen LogP contribution in [0.5, 0.6) is 0 Å². The molecule has 2 aromatic rings.